The van der Waals surface area contributed by atoms with Crippen LogP contribution >= 0.6 is 0 Å². The van der Waals surface area contributed by atoms with Gasteiger partial charge in [-0.2, -0.15) is 4.98 Å². The molecule has 0 aliphatic carbocycles. The summed E-state index contributed by atoms with van der Waals surface area (Å²) in [4.78, 5) is 6.04. The van der Waals surface area contributed by atoms with Gasteiger partial charge in [0, 0.05) is 13.1 Å². The Bertz CT molecular complexity index is 449. The van der Waals surface area contributed by atoms with Gasteiger partial charge in [-0.05, 0) is 6.07 Å². The molecule has 2 heterocycles. The first-order valence-electron chi connectivity index (χ1n) is 5.62. The van der Waals surface area contributed by atoms with Crippen LogP contribution in [0.3, 0.4) is 0 Å². The van der Waals surface area contributed by atoms with E-state index >= 15 is 0 Å². The lowest BCUT2D eigenvalue weighted by Crippen LogP contribution is -2.29. The third kappa shape index (κ3) is 3.16. The molecule has 0 bridgehead atoms. The van der Waals surface area contributed by atoms with Gasteiger partial charge >= 0.3 is 0 Å². The minimum absolute atomic E-state index is 0.0166. The van der Waals surface area contributed by atoms with Gasteiger partial charge in [0.05, 0.1) is 31.6 Å². The number of rotatable bonds is 7. The van der Waals surface area contributed by atoms with Gasteiger partial charge in [0.2, 0.25) is 11.7 Å². The molecular weight excluding hydrogens is 238 g/mol. The van der Waals surface area contributed by atoms with E-state index in [9.17, 15) is 0 Å². The highest BCUT2D eigenvalue weighted by Crippen LogP contribution is 2.16. The zero-order valence-electron chi connectivity index (χ0n) is 9.82. The number of aliphatic hydroxyl groups is 2. The molecule has 2 rings (SSSR count). The number of aromatic nitrogens is 2. The summed E-state index contributed by atoms with van der Waals surface area (Å²) in [5.41, 5.74) is 0.751. The van der Waals surface area contributed by atoms with Crippen molar-refractivity contribution in [3.8, 4) is 11.4 Å². The average molecular weight is 253 g/mol. The molecule has 0 unspecified atom stereocenters. The van der Waals surface area contributed by atoms with Crippen molar-refractivity contribution < 1.29 is 19.2 Å². The normalized spacial score (nSPS) is 11.3. The van der Waals surface area contributed by atoms with Crippen molar-refractivity contribution in [2.45, 2.75) is 6.54 Å². The van der Waals surface area contributed by atoms with Gasteiger partial charge in [0.25, 0.3) is 0 Å². The van der Waals surface area contributed by atoms with Crippen molar-refractivity contribution in [3.63, 3.8) is 0 Å². The maximum Gasteiger partial charge on any atom is 0.241 e. The molecule has 0 aliphatic rings. The smallest absolute Gasteiger partial charge is 0.241 e. The van der Waals surface area contributed by atoms with E-state index in [1.54, 1.807) is 6.07 Å². The largest absolute Gasteiger partial charge is 0.472 e. The molecule has 0 saturated heterocycles. The molecule has 18 heavy (non-hydrogen) atoms. The molecule has 7 nitrogen and oxygen atoms in total. The van der Waals surface area contributed by atoms with E-state index in [-0.39, 0.29) is 13.2 Å². The molecule has 0 fully saturated rings. The number of furan rings is 1. The van der Waals surface area contributed by atoms with Crippen LogP contribution in [-0.2, 0) is 6.54 Å². The highest BCUT2D eigenvalue weighted by atomic mass is 16.5. The second-order valence-corrected chi connectivity index (χ2v) is 3.75. The summed E-state index contributed by atoms with van der Waals surface area (Å²) >= 11 is 0. The maximum absolute atomic E-state index is 8.89. The number of aliphatic hydroxyl groups excluding tert-OH is 2. The Hall–Kier alpha value is -1.70. The highest BCUT2D eigenvalue weighted by molar-refractivity contribution is 5.51. The van der Waals surface area contributed by atoms with E-state index in [1.165, 1.54) is 12.5 Å². The number of hydrogen-bond donors (Lipinski definition) is 2. The molecule has 0 aromatic carbocycles. The lowest BCUT2D eigenvalue weighted by atomic mass is 10.3. The van der Waals surface area contributed by atoms with Gasteiger partial charge in [0.15, 0.2) is 0 Å². The Morgan fingerprint density at radius 3 is 2.61 bits per heavy atom. The first-order chi connectivity index (χ1) is 8.83. The van der Waals surface area contributed by atoms with Gasteiger partial charge in [-0.1, -0.05) is 5.16 Å². The van der Waals surface area contributed by atoms with Gasteiger partial charge < -0.3 is 19.2 Å². The maximum atomic E-state index is 8.89. The Kier molecular flexibility index (Phi) is 4.46. The standard InChI is InChI=1S/C11H15N3O4/c15-4-2-14(3-5-16)7-10-12-11(13-18-10)9-1-6-17-8-9/h1,6,8,15-16H,2-5,7H2. The van der Waals surface area contributed by atoms with E-state index in [4.69, 9.17) is 19.2 Å². The van der Waals surface area contributed by atoms with Crippen LogP contribution in [0.4, 0.5) is 0 Å². The molecule has 0 saturated carbocycles. The molecule has 98 valence electrons. The molecular formula is C11H15N3O4. The van der Waals surface area contributed by atoms with Crippen molar-refractivity contribution in [2.24, 2.45) is 0 Å². The minimum Gasteiger partial charge on any atom is -0.472 e. The lowest BCUT2D eigenvalue weighted by Gasteiger charge is -2.17. The van der Waals surface area contributed by atoms with Gasteiger partial charge in [-0.3, -0.25) is 4.90 Å². The summed E-state index contributed by atoms with van der Waals surface area (Å²) in [7, 11) is 0. The fourth-order valence-corrected chi connectivity index (χ4v) is 1.57. The molecule has 2 aromatic heterocycles. The van der Waals surface area contributed by atoms with Crippen LogP contribution in [0.1, 0.15) is 5.89 Å². The van der Waals surface area contributed by atoms with Crippen LogP contribution in [0.5, 0.6) is 0 Å². The molecule has 0 radical (unpaired) electrons. The quantitative estimate of drug-likeness (QED) is 0.723. The third-order valence-corrected chi connectivity index (χ3v) is 2.44. The van der Waals surface area contributed by atoms with Crippen LogP contribution < -0.4 is 0 Å². The SMILES string of the molecule is OCCN(CCO)Cc1nc(-c2ccoc2)no1. The van der Waals surface area contributed by atoms with E-state index < -0.39 is 0 Å². The summed E-state index contributed by atoms with van der Waals surface area (Å²) in [5, 5.41) is 21.6. The summed E-state index contributed by atoms with van der Waals surface area (Å²) in [6.07, 6.45) is 3.07. The van der Waals surface area contributed by atoms with E-state index in [0.29, 0.717) is 31.3 Å². The summed E-state index contributed by atoms with van der Waals surface area (Å²) in [6.45, 7) is 1.32. The molecule has 2 aromatic rings. The van der Waals surface area contributed by atoms with Crippen LogP contribution in [0.25, 0.3) is 11.4 Å². The topological polar surface area (TPSA) is 95.8 Å². The predicted molar refractivity (Wildman–Crippen MR) is 61.4 cm³/mol. The van der Waals surface area contributed by atoms with Crippen LogP contribution in [-0.4, -0.2) is 51.6 Å². The minimum atomic E-state index is 0.0166. The Morgan fingerprint density at radius 1 is 1.22 bits per heavy atom. The van der Waals surface area contributed by atoms with Gasteiger partial charge in [-0.25, -0.2) is 0 Å². The van der Waals surface area contributed by atoms with Crippen molar-refractivity contribution in [3.05, 3.63) is 24.5 Å². The molecule has 0 spiro atoms. The van der Waals surface area contributed by atoms with Crippen molar-refractivity contribution in [1.82, 2.24) is 15.0 Å². The van der Waals surface area contributed by atoms with E-state index in [2.05, 4.69) is 10.1 Å². The summed E-state index contributed by atoms with van der Waals surface area (Å²) in [6, 6.07) is 1.74. The molecule has 2 N–H and O–H groups in total. The second kappa shape index (κ2) is 6.29. The number of nitrogens with zero attached hydrogens (tertiary/aromatic N) is 3. The molecule has 0 aliphatic heterocycles. The van der Waals surface area contributed by atoms with Crippen LogP contribution in [0.15, 0.2) is 27.5 Å². The van der Waals surface area contributed by atoms with Crippen molar-refractivity contribution >= 4 is 0 Å². The van der Waals surface area contributed by atoms with Gasteiger partial charge in [0.1, 0.15) is 6.26 Å². The van der Waals surface area contributed by atoms with E-state index in [0.717, 1.165) is 5.56 Å². The lowest BCUT2D eigenvalue weighted by molar-refractivity contribution is 0.143. The zero-order valence-corrected chi connectivity index (χ0v) is 9.82. The monoisotopic (exact) mass is 253 g/mol. The Labute approximate surface area is 104 Å². The van der Waals surface area contributed by atoms with Crippen molar-refractivity contribution in [2.75, 3.05) is 26.3 Å². The molecule has 0 atom stereocenters. The molecule has 0 amide bonds. The number of hydrogen-bond acceptors (Lipinski definition) is 7. The predicted octanol–water partition coefficient (Wildman–Crippen LogP) is 0.116. The Balaban J connectivity index is 2.01. The van der Waals surface area contributed by atoms with Crippen molar-refractivity contribution in [1.29, 1.82) is 0 Å². The second-order valence-electron chi connectivity index (χ2n) is 3.75. The zero-order chi connectivity index (χ0) is 12.8. The average Bonchev–Trinajstić information content (AvgIpc) is 2.98. The summed E-state index contributed by atoms with van der Waals surface area (Å²) < 4.78 is 10.0. The van der Waals surface area contributed by atoms with Crippen LogP contribution in [0, 0.1) is 0 Å². The van der Waals surface area contributed by atoms with E-state index in [1.807, 2.05) is 4.90 Å². The highest BCUT2D eigenvalue weighted by Gasteiger charge is 2.13. The fourth-order valence-electron chi connectivity index (χ4n) is 1.57. The van der Waals surface area contributed by atoms with Crippen LogP contribution in [0.2, 0.25) is 0 Å². The first kappa shape index (κ1) is 12.7. The Morgan fingerprint density at radius 2 is 2.00 bits per heavy atom. The first-order valence-corrected chi connectivity index (χ1v) is 5.62. The van der Waals surface area contributed by atoms with Gasteiger partial charge in [-0.15, -0.1) is 0 Å². The molecule has 7 heteroatoms. The fraction of sp³-hybridized carbons (Fsp3) is 0.455. The summed E-state index contributed by atoms with van der Waals surface area (Å²) in [5.74, 6) is 0.903. The third-order valence-electron chi connectivity index (χ3n) is 2.44.